The quantitative estimate of drug-likeness (QED) is 0.538. The molecule has 0 spiro atoms. The Morgan fingerprint density at radius 3 is 2.92 bits per heavy atom. The first-order valence-corrected chi connectivity index (χ1v) is 4.65. The molecule has 0 N–H and O–H groups in total. The van der Waals surface area contributed by atoms with Crippen molar-refractivity contribution in [3.8, 4) is 0 Å². The van der Waals surface area contributed by atoms with Gasteiger partial charge in [0.2, 0.25) is 0 Å². The lowest BCUT2D eigenvalue weighted by atomic mass is 10.0. The Hall–Kier alpha value is -0.920. The molecule has 2 aliphatic rings. The van der Waals surface area contributed by atoms with Crippen LogP contribution >= 0.6 is 0 Å². The Balaban J connectivity index is 2.29. The highest BCUT2D eigenvalue weighted by molar-refractivity contribution is 6.05. The molecule has 0 aromatic rings. The van der Waals surface area contributed by atoms with Crippen molar-refractivity contribution in [2.75, 3.05) is 0 Å². The Kier molecular flexibility index (Phi) is 2.07. The third-order valence-corrected chi connectivity index (χ3v) is 2.55. The van der Waals surface area contributed by atoms with E-state index >= 15 is 0 Å². The average molecular weight is 163 g/mol. The molecule has 2 nitrogen and oxygen atoms in total. The molecule has 0 amide bonds. The predicted molar refractivity (Wildman–Crippen MR) is 48.2 cm³/mol. The van der Waals surface area contributed by atoms with Gasteiger partial charge in [-0.1, -0.05) is 6.42 Å². The number of hydrogen-bond donors (Lipinski definition) is 0. The van der Waals surface area contributed by atoms with Crippen LogP contribution in [0.3, 0.4) is 0 Å². The van der Waals surface area contributed by atoms with Gasteiger partial charge in [-0.15, -0.1) is 0 Å². The molecule has 0 saturated heterocycles. The van der Waals surface area contributed by atoms with Crippen LogP contribution in [0.25, 0.3) is 0 Å². The summed E-state index contributed by atoms with van der Waals surface area (Å²) in [4.78, 5) is 15.7. The normalized spacial score (nSPS) is 23.8. The van der Waals surface area contributed by atoms with Gasteiger partial charge >= 0.3 is 0 Å². The van der Waals surface area contributed by atoms with Crippen LogP contribution in [0.4, 0.5) is 0 Å². The van der Waals surface area contributed by atoms with Crippen LogP contribution < -0.4 is 0 Å². The zero-order chi connectivity index (χ0) is 8.39. The van der Waals surface area contributed by atoms with E-state index < -0.39 is 0 Å². The zero-order valence-corrected chi connectivity index (χ0v) is 7.18. The van der Waals surface area contributed by atoms with Gasteiger partial charge in [0.15, 0.2) is 5.78 Å². The first kappa shape index (κ1) is 7.71. The monoisotopic (exact) mass is 163 g/mol. The van der Waals surface area contributed by atoms with Crippen molar-refractivity contribution in [1.82, 2.24) is 0 Å². The standard InChI is InChI=1S/C10H13NO/c12-10-6-7-11-9-5-3-1-2-4-8(9)10/h7H,1-6H2. The average Bonchev–Trinajstić information content (AvgIpc) is 2.30. The third-order valence-electron chi connectivity index (χ3n) is 2.55. The van der Waals surface area contributed by atoms with Crippen LogP contribution in [0.1, 0.15) is 38.5 Å². The summed E-state index contributed by atoms with van der Waals surface area (Å²) in [6.07, 6.45) is 7.87. The van der Waals surface area contributed by atoms with Crippen LogP contribution in [0, 0.1) is 0 Å². The molecule has 0 radical (unpaired) electrons. The van der Waals surface area contributed by atoms with Gasteiger partial charge in [0.1, 0.15) is 0 Å². The number of Topliss-reactive ketones (excluding diaryl/α,β-unsaturated/α-hetero) is 1. The summed E-state index contributed by atoms with van der Waals surface area (Å²) >= 11 is 0. The molecule has 0 aromatic carbocycles. The first-order chi connectivity index (χ1) is 5.88. The second-order valence-electron chi connectivity index (χ2n) is 3.42. The molecule has 2 heteroatoms. The van der Waals surface area contributed by atoms with Crippen LogP contribution in [0.15, 0.2) is 16.3 Å². The van der Waals surface area contributed by atoms with Gasteiger partial charge in [0.05, 0.1) is 0 Å². The lowest BCUT2D eigenvalue weighted by molar-refractivity contribution is -0.114. The molecule has 12 heavy (non-hydrogen) atoms. The molecule has 0 unspecified atom stereocenters. The molecule has 0 saturated carbocycles. The van der Waals surface area contributed by atoms with Crippen molar-refractivity contribution in [2.45, 2.75) is 38.5 Å². The summed E-state index contributed by atoms with van der Waals surface area (Å²) in [5.41, 5.74) is 2.10. The minimum Gasteiger partial charge on any atom is -0.294 e. The van der Waals surface area contributed by atoms with Crippen LogP contribution in [0.5, 0.6) is 0 Å². The number of allylic oxidation sites excluding steroid dienone is 2. The van der Waals surface area contributed by atoms with Crippen molar-refractivity contribution in [2.24, 2.45) is 4.99 Å². The van der Waals surface area contributed by atoms with E-state index in [4.69, 9.17) is 0 Å². The molecule has 0 fully saturated rings. The maximum atomic E-state index is 11.4. The van der Waals surface area contributed by atoms with Gasteiger partial charge in [-0.2, -0.15) is 0 Å². The number of ketones is 1. The zero-order valence-electron chi connectivity index (χ0n) is 7.18. The van der Waals surface area contributed by atoms with Gasteiger partial charge in [-0.3, -0.25) is 9.79 Å². The van der Waals surface area contributed by atoms with Crippen molar-refractivity contribution in [1.29, 1.82) is 0 Å². The van der Waals surface area contributed by atoms with E-state index in [9.17, 15) is 4.79 Å². The smallest absolute Gasteiger partial charge is 0.165 e. The lowest BCUT2D eigenvalue weighted by Crippen LogP contribution is -2.09. The van der Waals surface area contributed by atoms with E-state index in [1.165, 1.54) is 19.3 Å². The van der Waals surface area contributed by atoms with Crippen LogP contribution in [-0.2, 0) is 4.79 Å². The van der Waals surface area contributed by atoms with Gasteiger partial charge in [-0.25, -0.2) is 0 Å². The van der Waals surface area contributed by atoms with E-state index in [2.05, 4.69) is 4.99 Å². The van der Waals surface area contributed by atoms with Crippen molar-refractivity contribution >= 4 is 12.0 Å². The second-order valence-corrected chi connectivity index (χ2v) is 3.42. The molecular weight excluding hydrogens is 150 g/mol. The van der Waals surface area contributed by atoms with E-state index in [1.807, 2.05) is 0 Å². The SMILES string of the molecule is O=C1CC=NC2=C1CCCCC2. The minimum atomic E-state index is 0.307. The summed E-state index contributed by atoms with van der Waals surface area (Å²) in [6, 6.07) is 0. The highest BCUT2D eigenvalue weighted by atomic mass is 16.1. The van der Waals surface area contributed by atoms with Crippen molar-refractivity contribution in [3.05, 3.63) is 11.3 Å². The topological polar surface area (TPSA) is 29.4 Å². The van der Waals surface area contributed by atoms with E-state index in [1.54, 1.807) is 6.21 Å². The molecule has 64 valence electrons. The summed E-state index contributed by atoms with van der Waals surface area (Å²) in [7, 11) is 0. The summed E-state index contributed by atoms with van der Waals surface area (Å²) in [5, 5.41) is 0. The van der Waals surface area contributed by atoms with E-state index in [-0.39, 0.29) is 0 Å². The maximum Gasteiger partial charge on any atom is 0.165 e. The predicted octanol–water partition coefficient (Wildman–Crippen LogP) is 2.25. The van der Waals surface area contributed by atoms with Gasteiger partial charge < -0.3 is 0 Å². The van der Waals surface area contributed by atoms with Crippen LogP contribution in [-0.4, -0.2) is 12.0 Å². The Morgan fingerprint density at radius 1 is 1.17 bits per heavy atom. The van der Waals surface area contributed by atoms with Crippen molar-refractivity contribution in [3.63, 3.8) is 0 Å². The summed E-state index contributed by atoms with van der Waals surface area (Å²) in [5.74, 6) is 0.307. The first-order valence-electron chi connectivity index (χ1n) is 4.65. The number of carbonyl (C=O) groups excluding carboxylic acids is 1. The Morgan fingerprint density at radius 2 is 2.00 bits per heavy atom. The highest BCUT2D eigenvalue weighted by Crippen LogP contribution is 2.27. The van der Waals surface area contributed by atoms with E-state index in [0.717, 1.165) is 24.1 Å². The largest absolute Gasteiger partial charge is 0.294 e. The molecule has 1 aliphatic carbocycles. The maximum absolute atomic E-state index is 11.4. The number of carbonyl (C=O) groups is 1. The molecule has 0 atom stereocenters. The molecule has 2 rings (SSSR count). The Bertz CT molecular complexity index is 263. The summed E-state index contributed by atoms with van der Waals surface area (Å²) < 4.78 is 0. The number of aliphatic imine (C=N–C) groups is 1. The van der Waals surface area contributed by atoms with Crippen LogP contribution in [0.2, 0.25) is 0 Å². The van der Waals surface area contributed by atoms with Crippen molar-refractivity contribution < 1.29 is 4.79 Å². The molecular formula is C10H13NO. The fraction of sp³-hybridized carbons (Fsp3) is 0.600. The third kappa shape index (κ3) is 1.33. The molecule has 1 heterocycles. The Labute approximate surface area is 72.4 Å². The van der Waals surface area contributed by atoms with E-state index in [0.29, 0.717) is 12.2 Å². The molecule has 0 aromatic heterocycles. The van der Waals surface area contributed by atoms with Gasteiger partial charge in [0, 0.05) is 23.9 Å². The lowest BCUT2D eigenvalue weighted by Gasteiger charge is -2.10. The van der Waals surface area contributed by atoms with Gasteiger partial charge in [0.25, 0.3) is 0 Å². The number of rotatable bonds is 0. The fourth-order valence-electron chi connectivity index (χ4n) is 1.87. The minimum absolute atomic E-state index is 0.307. The highest BCUT2D eigenvalue weighted by Gasteiger charge is 2.19. The second kappa shape index (κ2) is 3.21. The summed E-state index contributed by atoms with van der Waals surface area (Å²) in [6.45, 7) is 0. The fourth-order valence-corrected chi connectivity index (χ4v) is 1.87. The number of nitrogens with zero attached hydrogens (tertiary/aromatic N) is 1. The molecule has 1 aliphatic heterocycles. The van der Waals surface area contributed by atoms with Gasteiger partial charge in [-0.05, 0) is 25.7 Å². The number of hydrogen-bond acceptors (Lipinski definition) is 2. The molecule has 0 bridgehead atoms.